The summed E-state index contributed by atoms with van der Waals surface area (Å²) in [6.45, 7) is 0. The molecule has 0 heterocycles. The number of guanidine groups is 4. The summed E-state index contributed by atoms with van der Waals surface area (Å²) in [7, 11) is 31.4. The molecule has 0 spiro atoms. The Bertz CT molecular complexity index is 1280. The first-order chi connectivity index (χ1) is 20.7. The van der Waals surface area contributed by atoms with Crippen molar-refractivity contribution in [1.29, 1.82) is 0 Å². The summed E-state index contributed by atoms with van der Waals surface area (Å²) in [5.41, 5.74) is 6.14. The average Bonchev–Trinajstić information content (AvgIpc) is 2.96. The second-order valence-corrected chi connectivity index (χ2v) is 11.3. The Morgan fingerprint density at radius 2 is 0.591 bits per heavy atom. The van der Waals surface area contributed by atoms with E-state index in [4.69, 9.17) is 0 Å². The Morgan fingerprint density at radius 1 is 0.364 bits per heavy atom. The van der Waals surface area contributed by atoms with Gasteiger partial charge in [-0.2, -0.15) is 0 Å². The van der Waals surface area contributed by atoms with Crippen molar-refractivity contribution in [3.63, 3.8) is 0 Å². The minimum atomic E-state index is 0.832. The molecule has 0 saturated carbocycles. The van der Waals surface area contributed by atoms with Gasteiger partial charge in [0.1, 0.15) is 0 Å². The highest BCUT2D eigenvalue weighted by molar-refractivity contribution is 6.06. The molecule has 12 nitrogen and oxygen atoms in total. The molecule has 2 aromatic rings. The fourth-order valence-corrected chi connectivity index (χ4v) is 5.54. The smallest absolute Gasteiger partial charge is 0.200 e. The molecule has 0 amide bonds. The standard InChI is InChI=1S/C32H54N12/c1-33-29(37(5)6)41(13)25-19-17-23(21-27(25)43(15)31(35-3)39(9)10)24-18-20-26(42(14)30(34-2)38(7)8)28(22-24)44(16)32(36-4)40(11)12/h17-22H,1-16H3. The van der Waals surface area contributed by atoms with Crippen LogP contribution in [0.4, 0.5) is 22.7 Å². The summed E-state index contributed by atoms with van der Waals surface area (Å²) in [5.74, 6) is 3.35. The van der Waals surface area contributed by atoms with Gasteiger partial charge in [0.15, 0.2) is 23.8 Å². The van der Waals surface area contributed by atoms with Gasteiger partial charge in [-0.3, -0.25) is 20.0 Å². The summed E-state index contributed by atoms with van der Waals surface area (Å²) in [6.07, 6.45) is 0. The Labute approximate surface area is 265 Å². The Balaban J connectivity index is 2.90. The van der Waals surface area contributed by atoms with Crippen molar-refractivity contribution in [3.05, 3.63) is 36.4 Å². The Kier molecular flexibility index (Phi) is 12.4. The van der Waals surface area contributed by atoms with E-state index in [1.165, 1.54) is 0 Å². The minimum Gasteiger partial charge on any atom is -0.349 e. The molecule has 0 radical (unpaired) electrons. The second-order valence-electron chi connectivity index (χ2n) is 11.3. The Hall–Kier alpha value is -4.48. The molecule has 242 valence electrons. The number of aliphatic imine (C=N–C) groups is 4. The molecule has 44 heavy (non-hydrogen) atoms. The zero-order chi connectivity index (χ0) is 33.5. The van der Waals surface area contributed by atoms with E-state index in [9.17, 15) is 0 Å². The number of hydrogen-bond acceptors (Lipinski definition) is 4. The summed E-state index contributed by atoms with van der Waals surface area (Å²) in [4.78, 5) is 34.7. The van der Waals surface area contributed by atoms with Gasteiger partial charge in [0.25, 0.3) is 0 Å². The van der Waals surface area contributed by atoms with Crippen LogP contribution in [0.1, 0.15) is 0 Å². The highest BCUT2D eigenvalue weighted by atomic mass is 15.4. The maximum Gasteiger partial charge on any atom is 0.200 e. The van der Waals surface area contributed by atoms with E-state index < -0.39 is 0 Å². The van der Waals surface area contributed by atoms with E-state index in [0.29, 0.717) is 0 Å². The van der Waals surface area contributed by atoms with Crippen LogP contribution in [0.15, 0.2) is 56.4 Å². The van der Waals surface area contributed by atoms with Gasteiger partial charge in [-0.25, -0.2) is 0 Å². The third-order valence-corrected chi connectivity index (χ3v) is 7.33. The average molecular weight is 607 g/mol. The molecule has 0 unspecified atom stereocenters. The molecule has 12 heteroatoms. The minimum absolute atomic E-state index is 0.832. The SMILES string of the molecule is CN=C(N(C)C)N(C)c1ccc(-c2ccc(N(C)C(=NC)N(C)C)c(N(C)C(=NC)N(C)C)c2)cc1N(C)C(=NC)N(C)C. The number of hydrogen-bond donors (Lipinski definition) is 0. The van der Waals surface area contributed by atoms with E-state index >= 15 is 0 Å². The molecule has 0 aromatic heterocycles. The second kappa shape index (κ2) is 15.3. The molecule has 0 saturated heterocycles. The van der Waals surface area contributed by atoms with E-state index in [1.807, 2.05) is 132 Å². The number of rotatable bonds is 5. The van der Waals surface area contributed by atoms with E-state index in [1.54, 1.807) is 0 Å². The monoisotopic (exact) mass is 606 g/mol. The van der Waals surface area contributed by atoms with Gasteiger partial charge in [-0.1, -0.05) is 12.1 Å². The maximum atomic E-state index is 4.58. The fraction of sp³-hybridized carbons (Fsp3) is 0.500. The maximum absolute atomic E-state index is 4.58. The van der Waals surface area contributed by atoms with E-state index in [2.05, 4.69) is 76.0 Å². The predicted octanol–water partition coefficient (Wildman–Crippen LogP) is 3.29. The lowest BCUT2D eigenvalue weighted by Crippen LogP contribution is -2.41. The van der Waals surface area contributed by atoms with Crippen LogP contribution in [0.2, 0.25) is 0 Å². The van der Waals surface area contributed by atoms with E-state index in [-0.39, 0.29) is 0 Å². The highest BCUT2D eigenvalue weighted by Gasteiger charge is 2.23. The van der Waals surface area contributed by atoms with Crippen LogP contribution < -0.4 is 19.6 Å². The first-order valence-corrected chi connectivity index (χ1v) is 14.5. The topological polar surface area (TPSA) is 75.4 Å². The van der Waals surface area contributed by atoms with Crippen LogP contribution in [-0.4, -0.2) is 156 Å². The zero-order valence-electron chi connectivity index (χ0n) is 29.8. The molecule has 0 aliphatic rings. The van der Waals surface area contributed by atoms with Crippen molar-refractivity contribution < 1.29 is 0 Å². The van der Waals surface area contributed by atoms with Crippen LogP contribution in [0.3, 0.4) is 0 Å². The molecule has 0 N–H and O–H groups in total. The van der Waals surface area contributed by atoms with Gasteiger partial charge < -0.3 is 39.2 Å². The summed E-state index contributed by atoms with van der Waals surface area (Å²) in [5, 5.41) is 0. The molecule has 2 aromatic carbocycles. The zero-order valence-corrected chi connectivity index (χ0v) is 29.8. The molecule has 0 atom stereocenters. The van der Waals surface area contributed by atoms with Gasteiger partial charge in [0.05, 0.1) is 22.7 Å². The first kappa shape index (κ1) is 35.7. The van der Waals surface area contributed by atoms with Gasteiger partial charge in [0, 0.05) is 113 Å². The summed E-state index contributed by atoms with van der Waals surface area (Å²) in [6, 6.07) is 13.0. The third kappa shape index (κ3) is 7.53. The normalized spacial score (nSPS) is 12.6. The molecular formula is C32H54N12. The molecule has 0 fully saturated rings. The van der Waals surface area contributed by atoms with Crippen molar-refractivity contribution in [2.45, 2.75) is 0 Å². The lowest BCUT2D eigenvalue weighted by Gasteiger charge is -2.34. The number of anilines is 4. The van der Waals surface area contributed by atoms with Crippen LogP contribution in [0.25, 0.3) is 11.1 Å². The van der Waals surface area contributed by atoms with Gasteiger partial charge >= 0.3 is 0 Å². The lowest BCUT2D eigenvalue weighted by atomic mass is 10.0. The number of benzene rings is 2. The third-order valence-electron chi connectivity index (χ3n) is 7.33. The van der Waals surface area contributed by atoms with Gasteiger partial charge in [-0.05, 0) is 35.4 Å². The van der Waals surface area contributed by atoms with Crippen LogP contribution in [0.5, 0.6) is 0 Å². The Morgan fingerprint density at radius 3 is 0.795 bits per heavy atom. The van der Waals surface area contributed by atoms with Crippen LogP contribution in [0, 0.1) is 0 Å². The number of nitrogens with zero attached hydrogens (tertiary/aromatic N) is 12. The van der Waals surface area contributed by atoms with Crippen LogP contribution >= 0.6 is 0 Å². The van der Waals surface area contributed by atoms with Crippen LogP contribution in [-0.2, 0) is 0 Å². The lowest BCUT2D eigenvalue weighted by molar-refractivity contribution is 0.604. The van der Waals surface area contributed by atoms with Crippen molar-refractivity contribution in [2.24, 2.45) is 20.0 Å². The molecule has 0 bridgehead atoms. The van der Waals surface area contributed by atoms with Crippen molar-refractivity contribution in [3.8, 4) is 11.1 Å². The first-order valence-electron chi connectivity index (χ1n) is 14.5. The quantitative estimate of drug-likeness (QED) is 0.379. The highest BCUT2D eigenvalue weighted by Crippen LogP contribution is 2.38. The van der Waals surface area contributed by atoms with Gasteiger partial charge in [0.2, 0.25) is 0 Å². The fourth-order valence-electron chi connectivity index (χ4n) is 5.54. The molecular weight excluding hydrogens is 552 g/mol. The van der Waals surface area contributed by atoms with Crippen molar-refractivity contribution in [2.75, 3.05) is 132 Å². The predicted molar refractivity (Wildman–Crippen MR) is 194 cm³/mol. The largest absolute Gasteiger partial charge is 0.349 e. The molecule has 2 rings (SSSR count). The van der Waals surface area contributed by atoms with Crippen molar-refractivity contribution in [1.82, 2.24) is 19.6 Å². The van der Waals surface area contributed by atoms with Crippen molar-refractivity contribution >= 4 is 46.6 Å². The van der Waals surface area contributed by atoms with Gasteiger partial charge in [-0.15, -0.1) is 0 Å². The van der Waals surface area contributed by atoms with E-state index in [0.717, 1.165) is 57.7 Å². The summed E-state index contributed by atoms with van der Waals surface area (Å²) < 4.78 is 0. The summed E-state index contributed by atoms with van der Waals surface area (Å²) >= 11 is 0. The molecule has 0 aliphatic heterocycles. The molecule has 0 aliphatic carbocycles.